The van der Waals surface area contributed by atoms with Gasteiger partial charge >= 0.3 is 0 Å². The third-order valence-corrected chi connectivity index (χ3v) is 5.12. The first-order valence-electron chi connectivity index (χ1n) is 8.38. The Balaban J connectivity index is 1.70. The molecule has 0 spiro atoms. The number of carbonyl (C=O) groups is 1. The van der Waals surface area contributed by atoms with Crippen LogP contribution in [0.5, 0.6) is 0 Å². The van der Waals surface area contributed by atoms with Crippen LogP contribution < -0.4 is 15.1 Å². The van der Waals surface area contributed by atoms with Crippen LogP contribution in [-0.2, 0) is 0 Å². The van der Waals surface area contributed by atoms with Gasteiger partial charge in [0.1, 0.15) is 5.15 Å². The van der Waals surface area contributed by atoms with Crippen LogP contribution in [0.15, 0.2) is 36.5 Å². The molecule has 1 aliphatic rings. The molecule has 0 unspecified atom stereocenters. The van der Waals surface area contributed by atoms with Crippen molar-refractivity contribution in [2.75, 3.05) is 42.9 Å². The Morgan fingerprint density at radius 3 is 2.68 bits per heavy atom. The van der Waals surface area contributed by atoms with Crippen molar-refractivity contribution in [2.45, 2.75) is 6.92 Å². The van der Waals surface area contributed by atoms with Crippen LogP contribution in [0.3, 0.4) is 0 Å². The van der Waals surface area contributed by atoms with Crippen LogP contribution in [0, 0.1) is 0 Å². The van der Waals surface area contributed by atoms with E-state index in [-0.39, 0.29) is 11.1 Å². The lowest BCUT2D eigenvalue weighted by atomic mass is 10.2. The molecule has 1 amide bonds. The molecule has 1 aromatic heterocycles. The van der Waals surface area contributed by atoms with Crippen molar-refractivity contribution in [2.24, 2.45) is 0 Å². The molecule has 3 rings (SSSR count). The zero-order chi connectivity index (χ0) is 17.8. The maximum atomic E-state index is 12.3. The number of amides is 1. The number of likely N-dealkylation sites (N-methyl/N-ethyl adjacent to an activating group) is 1. The first-order chi connectivity index (χ1) is 12.1. The average Bonchev–Trinajstić information content (AvgIpc) is 2.62. The second-order valence-electron chi connectivity index (χ2n) is 6.05. The van der Waals surface area contributed by atoms with Gasteiger partial charge in [-0.05, 0) is 37.3 Å². The van der Waals surface area contributed by atoms with Gasteiger partial charge in [0.15, 0.2) is 0 Å². The molecule has 0 bridgehead atoms. The number of aromatic nitrogens is 1. The van der Waals surface area contributed by atoms with Gasteiger partial charge in [0.2, 0.25) is 0 Å². The zero-order valence-electron chi connectivity index (χ0n) is 14.1. The topological polar surface area (TPSA) is 49.7 Å². The third kappa shape index (κ3) is 4.24. The van der Waals surface area contributed by atoms with Crippen molar-refractivity contribution in [1.29, 1.82) is 0 Å². The highest BCUT2D eigenvalue weighted by atomic mass is 35.5. The summed E-state index contributed by atoms with van der Waals surface area (Å²) in [5.74, 6) is -0.304. The van der Waals surface area contributed by atoms with Crippen LogP contribution in [-0.4, -0.2) is 43.6 Å². The van der Waals surface area contributed by atoms with Crippen molar-refractivity contribution >= 4 is 40.5 Å². The number of benzene rings is 1. The van der Waals surface area contributed by atoms with Crippen molar-refractivity contribution in [3.8, 4) is 0 Å². The minimum atomic E-state index is -0.304. The predicted octanol–water partition coefficient (Wildman–Crippen LogP) is 2.37. The lowest BCUT2D eigenvalue weighted by molar-refractivity contribution is -0.898. The van der Waals surface area contributed by atoms with Crippen LogP contribution in [0.1, 0.15) is 17.3 Å². The van der Waals surface area contributed by atoms with Gasteiger partial charge in [-0.15, -0.1) is 0 Å². The Morgan fingerprint density at radius 2 is 2.04 bits per heavy atom. The van der Waals surface area contributed by atoms with Crippen LogP contribution >= 0.6 is 23.2 Å². The monoisotopic (exact) mass is 379 g/mol. The second kappa shape index (κ2) is 8.04. The Morgan fingerprint density at radius 1 is 1.28 bits per heavy atom. The summed E-state index contributed by atoms with van der Waals surface area (Å²) in [7, 11) is 0. The number of halogens is 2. The molecule has 7 heteroatoms. The summed E-state index contributed by atoms with van der Waals surface area (Å²) in [4.78, 5) is 20.1. The summed E-state index contributed by atoms with van der Waals surface area (Å²) >= 11 is 12.4. The van der Waals surface area contributed by atoms with Crippen molar-refractivity contribution < 1.29 is 9.69 Å². The molecule has 2 aromatic rings. The van der Waals surface area contributed by atoms with Crippen molar-refractivity contribution in [3.63, 3.8) is 0 Å². The molecule has 0 atom stereocenters. The van der Waals surface area contributed by atoms with Crippen LogP contribution in [0.25, 0.3) is 0 Å². The molecule has 25 heavy (non-hydrogen) atoms. The highest BCUT2D eigenvalue weighted by Gasteiger charge is 2.20. The van der Waals surface area contributed by atoms with Gasteiger partial charge in [-0.25, -0.2) is 4.98 Å². The van der Waals surface area contributed by atoms with Gasteiger partial charge in [-0.3, -0.25) is 4.79 Å². The van der Waals surface area contributed by atoms with Crippen LogP contribution in [0.4, 0.5) is 11.4 Å². The third-order valence-electron chi connectivity index (χ3n) is 4.52. The maximum Gasteiger partial charge on any atom is 0.258 e. The van der Waals surface area contributed by atoms with E-state index in [0.717, 1.165) is 38.4 Å². The first-order valence-corrected chi connectivity index (χ1v) is 9.14. The minimum Gasteiger partial charge on any atom is -0.359 e. The first kappa shape index (κ1) is 18.0. The summed E-state index contributed by atoms with van der Waals surface area (Å²) in [5.41, 5.74) is 1.98. The summed E-state index contributed by atoms with van der Waals surface area (Å²) in [6.07, 6.45) is 1.55. The number of anilines is 2. The maximum absolute atomic E-state index is 12.3. The molecule has 1 saturated heterocycles. The zero-order valence-corrected chi connectivity index (χ0v) is 15.6. The van der Waals surface area contributed by atoms with E-state index in [4.69, 9.17) is 23.2 Å². The van der Waals surface area contributed by atoms with Crippen molar-refractivity contribution in [3.05, 3.63) is 52.3 Å². The molecule has 132 valence electrons. The molecular weight excluding hydrogens is 359 g/mol. The molecule has 5 nitrogen and oxygen atoms in total. The fourth-order valence-electron chi connectivity index (χ4n) is 3.01. The Labute approximate surface area is 157 Å². The Bertz CT molecular complexity index is 760. The van der Waals surface area contributed by atoms with E-state index in [1.54, 1.807) is 29.3 Å². The molecule has 2 N–H and O–H groups in total. The highest BCUT2D eigenvalue weighted by molar-refractivity contribution is 6.34. The molecule has 1 aromatic carbocycles. The normalized spacial score (nSPS) is 15.2. The van der Waals surface area contributed by atoms with Gasteiger partial charge in [-0.2, -0.15) is 0 Å². The molecule has 0 saturated carbocycles. The number of piperazine rings is 1. The number of hydrogen-bond donors (Lipinski definition) is 2. The van der Waals surface area contributed by atoms with Crippen LogP contribution in [0.2, 0.25) is 10.2 Å². The predicted molar refractivity (Wildman–Crippen MR) is 102 cm³/mol. The standard InChI is InChI=1S/C18H20Cl2N4O/c1-2-23-8-10-24(11-9-23)16-6-5-13(12-15(16)19)22-18(25)14-4-3-7-21-17(14)20/h3-7,12H,2,8-11H2,1H3,(H,22,25)/p+1. The number of nitrogens with zero attached hydrogens (tertiary/aromatic N) is 2. The molecule has 1 fully saturated rings. The number of quaternary nitrogens is 1. The number of carbonyl (C=O) groups excluding carboxylic acids is 1. The highest BCUT2D eigenvalue weighted by Crippen LogP contribution is 2.29. The molecule has 2 heterocycles. The van der Waals surface area contributed by atoms with E-state index in [2.05, 4.69) is 22.1 Å². The number of rotatable bonds is 4. The minimum absolute atomic E-state index is 0.180. The Hall–Kier alpha value is -1.82. The lowest BCUT2D eigenvalue weighted by Gasteiger charge is -2.33. The smallest absolute Gasteiger partial charge is 0.258 e. The number of pyridine rings is 1. The second-order valence-corrected chi connectivity index (χ2v) is 6.82. The number of hydrogen-bond acceptors (Lipinski definition) is 3. The average molecular weight is 380 g/mol. The summed E-state index contributed by atoms with van der Waals surface area (Å²) < 4.78 is 0. The molecular formula is C18H21Cl2N4O+. The SMILES string of the molecule is CC[NH+]1CCN(c2ccc(NC(=O)c3cccnc3Cl)cc2Cl)CC1. The fraction of sp³-hybridized carbons (Fsp3) is 0.333. The Kier molecular flexibility index (Phi) is 5.78. The molecule has 0 radical (unpaired) electrons. The van der Waals surface area contributed by atoms with E-state index in [9.17, 15) is 4.79 Å². The van der Waals surface area contributed by atoms with Gasteiger partial charge in [0.25, 0.3) is 5.91 Å². The van der Waals surface area contributed by atoms with Gasteiger partial charge in [0, 0.05) is 11.9 Å². The van der Waals surface area contributed by atoms with E-state index in [0.29, 0.717) is 16.3 Å². The van der Waals surface area contributed by atoms with E-state index < -0.39 is 0 Å². The van der Waals surface area contributed by atoms with Gasteiger partial charge in [-0.1, -0.05) is 23.2 Å². The van der Waals surface area contributed by atoms with E-state index in [1.165, 1.54) is 0 Å². The van der Waals surface area contributed by atoms with E-state index in [1.807, 2.05) is 12.1 Å². The number of nitrogens with one attached hydrogen (secondary N) is 2. The lowest BCUT2D eigenvalue weighted by Crippen LogP contribution is -3.14. The molecule has 0 aliphatic carbocycles. The summed E-state index contributed by atoms with van der Waals surface area (Å²) in [6, 6.07) is 8.91. The quantitative estimate of drug-likeness (QED) is 0.801. The largest absolute Gasteiger partial charge is 0.359 e. The summed E-state index contributed by atoms with van der Waals surface area (Å²) in [5, 5.41) is 3.63. The summed E-state index contributed by atoms with van der Waals surface area (Å²) in [6.45, 7) is 7.57. The fourth-order valence-corrected chi connectivity index (χ4v) is 3.52. The van der Waals surface area contributed by atoms with Gasteiger partial charge < -0.3 is 15.1 Å². The molecule has 1 aliphatic heterocycles. The van der Waals surface area contributed by atoms with Crippen molar-refractivity contribution in [1.82, 2.24) is 4.98 Å². The van der Waals surface area contributed by atoms with Gasteiger partial charge in [0.05, 0.1) is 49.0 Å². The van der Waals surface area contributed by atoms with E-state index >= 15 is 0 Å².